The van der Waals surface area contributed by atoms with Gasteiger partial charge in [-0.25, -0.2) is 14.3 Å². The van der Waals surface area contributed by atoms with E-state index in [1.54, 1.807) is 24.7 Å². The summed E-state index contributed by atoms with van der Waals surface area (Å²) < 4.78 is 6.76. The van der Waals surface area contributed by atoms with Gasteiger partial charge in [-0.3, -0.25) is 4.79 Å². The zero-order valence-corrected chi connectivity index (χ0v) is 18.0. The van der Waals surface area contributed by atoms with Crippen molar-refractivity contribution in [3.63, 3.8) is 0 Å². The number of carbonyl (C=O) groups is 2. The lowest BCUT2D eigenvalue weighted by atomic mass is 9.94. The van der Waals surface area contributed by atoms with Gasteiger partial charge >= 0.3 is 5.97 Å². The summed E-state index contributed by atoms with van der Waals surface area (Å²) in [5.41, 5.74) is 7.88. The molecule has 1 amide bonds. The van der Waals surface area contributed by atoms with E-state index in [0.29, 0.717) is 33.0 Å². The number of hydrogen-bond donors (Lipinski definition) is 2. The number of ether oxygens (including phenoxy) is 1. The Balaban J connectivity index is 1.50. The standard InChI is InChI=1S/C20H23N7O3S/c1-30-19(29)14-2-6-22-15(10-14)31-20-24-16-17(21)23-11-27(18(16)25-20)9-5-13-3-7-26(12-28)8-4-13/h2,6,10-13H,3-5,7-9H2,1H3,(H2,21,24,25)/p+1. The van der Waals surface area contributed by atoms with Crippen LogP contribution in [-0.2, 0) is 16.1 Å². The molecule has 3 aromatic rings. The number of nitrogens with two attached hydrogens (primary N) is 1. The maximum Gasteiger partial charge on any atom is 0.337 e. The van der Waals surface area contributed by atoms with E-state index in [-0.39, 0.29) is 0 Å². The van der Waals surface area contributed by atoms with Gasteiger partial charge in [0.15, 0.2) is 5.52 Å². The van der Waals surface area contributed by atoms with Crippen molar-refractivity contribution < 1.29 is 18.9 Å². The Labute approximate surface area is 183 Å². The van der Waals surface area contributed by atoms with Crippen LogP contribution >= 0.6 is 11.8 Å². The van der Waals surface area contributed by atoms with Crippen molar-refractivity contribution in [2.75, 3.05) is 25.9 Å². The smallest absolute Gasteiger partial charge is 0.337 e. The van der Waals surface area contributed by atoms with E-state index in [1.807, 2.05) is 9.47 Å². The molecule has 3 N–H and O–H groups in total. The fourth-order valence-corrected chi connectivity index (χ4v) is 4.45. The van der Waals surface area contributed by atoms with Crippen LogP contribution in [-0.4, -0.2) is 57.4 Å². The highest BCUT2D eigenvalue weighted by Crippen LogP contribution is 2.27. The average Bonchev–Trinajstić information content (AvgIpc) is 3.23. The molecule has 0 bridgehead atoms. The fraction of sp³-hybridized carbons (Fsp3) is 0.400. The van der Waals surface area contributed by atoms with Gasteiger partial charge in [0.2, 0.25) is 23.7 Å². The average molecular weight is 443 g/mol. The van der Waals surface area contributed by atoms with E-state index in [2.05, 4.69) is 15.0 Å². The molecule has 1 aliphatic heterocycles. The number of esters is 1. The lowest BCUT2D eigenvalue weighted by Crippen LogP contribution is -2.38. The van der Waals surface area contributed by atoms with Crippen LogP contribution in [0.2, 0.25) is 0 Å². The van der Waals surface area contributed by atoms with Crippen LogP contribution in [0.15, 0.2) is 34.8 Å². The summed E-state index contributed by atoms with van der Waals surface area (Å²) in [5, 5.41) is 1.22. The molecule has 0 spiro atoms. The number of carbonyl (C=O) groups excluding carboxylic acids is 2. The Morgan fingerprint density at radius 1 is 1.42 bits per heavy atom. The maximum absolute atomic E-state index is 11.8. The summed E-state index contributed by atoms with van der Waals surface area (Å²) in [6.07, 6.45) is 7.20. The molecule has 11 heteroatoms. The highest BCUT2D eigenvalue weighted by molar-refractivity contribution is 7.99. The van der Waals surface area contributed by atoms with Gasteiger partial charge in [0.25, 0.3) is 5.65 Å². The van der Waals surface area contributed by atoms with E-state index in [1.165, 1.54) is 18.9 Å². The zero-order valence-electron chi connectivity index (χ0n) is 17.2. The van der Waals surface area contributed by atoms with Crippen molar-refractivity contribution in [3.05, 3.63) is 30.2 Å². The lowest BCUT2D eigenvalue weighted by Gasteiger charge is -2.28. The van der Waals surface area contributed by atoms with Crippen LogP contribution in [0.5, 0.6) is 0 Å². The van der Waals surface area contributed by atoms with E-state index in [9.17, 15) is 9.59 Å². The highest BCUT2D eigenvalue weighted by atomic mass is 32.2. The van der Waals surface area contributed by atoms with Gasteiger partial charge < -0.3 is 20.4 Å². The molecule has 0 atom stereocenters. The van der Waals surface area contributed by atoms with E-state index >= 15 is 0 Å². The monoisotopic (exact) mass is 442 g/mol. The van der Waals surface area contributed by atoms with Crippen LogP contribution in [0.4, 0.5) is 5.82 Å². The number of piperidine rings is 1. The molecule has 4 rings (SSSR count). The fourth-order valence-electron chi connectivity index (χ4n) is 3.67. The van der Waals surface area contributed by atoms with Crippen LogP contribution < -0.4 is 10.3 Å². The molecule has 1 aliphatic rings. The predicted octanol–water partition coefficient (Wildman–Crippen LogP) is 1.42. The van der Waals surface area contributed by atoms with Crippen molar-refractivity contribution in [2.24, 2.45) is 5.92 Å². The number of imidazole rings is 1. The van der Waals surface area contributed by atoms with E-state index in [4.69, 9.17) is 15.5 Å². The van der Waals surface area contributed by atoms with Crippen LogP contribution in [0.3, 0.4) is 0 Å². The summed E-state index contributed by atoms with van der Waals surface area (Å²) in [4.78, 5) is 41.0. The van der Waals surface area contributed by atoms with Crippen molar-refractivity contribution >= 4 is 41.1 Å². The second-order valence-electron chi connectivity index (χ2n) is 7.41. The normalized spacial score (nSPS) is 14.7. The molecule has 162 valence electrons. The molecule has 0 aliphatic carbocycles. The first-order chi connectivity index (χ1) is 15.1. The van der Waals surface area contributed by atoms with Gasteiger partial charge in [0.05, 0.1) is 19.2 Å². The Kier molecular flexibility index (Phi) is 6.31. The first-order valence-electron chi connectivity index (χ1n) is 10.0. The maximum atomic E-state index is 11.8. The van der Waals surface area contributed by atoms with Gasteiger partial charge in [0, 0.05) is 19.3 Å². The number of aryl methyl sites for hydroxylation is 1. The summed E-state index contributed by atoms with van der Waals surface area (Å²) in [6, 6.07) is 3.26. The molecule has 3 aromatic heterocycles. The first kappa shape index (κ1) is 21.0. The number of anilines is 1. The topological polar surface area (TPSA) is 131 Å². The molecule has 4 heterocycles. The van der Waals surface area contributed by atoms with Gasteiger partial charge in [0.1, 0.15) is 5.03 Å². The minimum Gasteiger partial charge on any atom is -0.465 e. The number of methoxy groups -OCH3 is 1. The number of nitrogens with one attached hydrogen (secondary N) is 1. The Morgan fingerprint density at radius 3 is 2.97 bits per heavy atom. The number of likely N-dealkylation sites (tertiary alicyclic amines) is 1. The SMILES string of the molecule is COC(=O)c1ccnc(Sc2nc3c([nH]2)c(N)nc[n+]3CCC2CCN(C=O)CC2)c1. The number of fused-ring (bicyclic) bond motifs is 1. The molecule has 1 fully saturated rings. The number of nitrogen functional groups attached to an aromatic ring is 1. The summed E-state index contributed by atoms with van der Waals surface area (Å²) in [6.45, 7) is 2.39. The number of H-pyrrole nitrogens is 1. The molecule has 0 unspecified atom stereocenters. The quantitative estimate of drug-likeness (QED) is 0.319. The van der Waals surface area contributed by atoms with Gasteiger partial charge in [-0.2, -0.15) is 0 Å². The number of rotatable bonds is 7. The van der Waals surface area contributed by atoms with Gasteiger partial charge in [-0.1, -0.05) is 9.97 Å². The number of aromatic amines is 1. The summed E-state index contributed by atoms with van der Waals surface area (Å²) in [7, 11) is 1.34. The van der Waals surface area contributed by atoms with Crippen molar-refractivity contribution in [2.45, 2.75) is 36.0 Å². The number of amides is 1. The van der Waals surface area contributed by atoms with Crippen LogP contribution in [0, 0.1) is 5.92 Å². The molecule has 0 radical (unpaired) electrons. The Hall–Kier alpha value is -3.21. The van der Waals surface area contributed by atoms with Gasteiger partial charge in [-0.05, 0) is 49.1 Å². The molecule has 10 nitrogen and oxygen atoms in total. The zero-order chi connectivity index (χ0) is 21.8. The second kappa shape index (κ2) is 9.29. The third-order valence-electron chi connectivity index (χ3n) is 5.46. The van der Waals surface area contributed by atoms with E-state index in [0.717, 1.165) is 51.0 Å². The number of pyridine rings is 1. The third kappa shape index (κ3) is 4.76. The lowest BCUT2D eigenvalue weighted by molar-refractivity contribution is -0.677. The Bertz CT molecular complexity index is 1100. The number of hydrogen-bond acceptors (Lipinski definition) is 8. The molecular weight excluding hydrogens is 418 g/mol. The molecular formula is C20H24N7O3S+. The predicted molar refractivity (Wildman–Crippen MR) is 113 cm³/mol. The van der Waals surface area contributed by atoms with E-state index < -0.39 is 5.97 Å². The van der Waals surface area contributed by atoms with Crippen LogP contribution in [0.1, 0.15) is 29.6 Å². The summed E-state index contributed by atoms with van der Waals surface area (Å²) >= 11 is 1.30. The summed E-state index contributed by atoms with van der Waals surface area (Å²) in [5.74, 6) is 0.523. The highest BCUT2D eigenvalue weighted by Gasteiger charge is 2.22. The second-order valence-corrected chi connectivity index (χ2v) is 8.42. The van der Waals surface area contributed by atoms with Gasteiger partial charge in [-0.15, -0.1) is 0 Å². The minimum atomic E-state index is -0.417. The van der Waals surface area contributed by atoms with Crippen molar-refractivity contribution in [3.8, 4) is 0 Å². The minimum absolute atomic E-state index is 0.376. The first-order valence-corrected chi connectivity index (χ1v) is 10.8. The molecule has 0 saturated carbocycles. The Morgan fingerprint density at radius 2 is 2.23 bits per heavy atom. The van der Waals surface area contributed by atoms with Crippen molar-refractivity contribution in [1.29, 1.82) is 0 Å². The molecule has 31 heavy (non-hydrogen) atoms. The third-order valence-corrected chi connectivity index (χ3v) is 6.28. The molecule has 1 saturated heterocycles. The largest absolute Gasteiger partial charge is 0.465 e. The van der Waals surface area contributed by atoms with Crippen molar-refractivity contribution in [1.82, 2.24) is 24.8 Å². The molecule has 0 aromatic carbocycles. The number of nitrogens with zero attached hydrogens (tertiary/aromatic N) is 5. The number of aromatic nitrogens is 5. The van der Waals surface area contributed by atoms with Crippen LogP contribution in [0.25, 0.3) is 11.2 Å².